The highest BCUT2D eigenvalue weighted by Gasteiger charge is 2.26. The SMILES string of the molecule is CC=S(C)(=O)N(C)c1cc2oc(-c3ccc(F)cc3)c(C(=O)NC)c2cc1-c1ccc2ccn3c4ccccc4c(C)c3c2n1. The van der Waals surface area contributed by atoms with Crippen LogP contribution in [-0.4, -0.2) is 45.2 Å². The lowest BCUT2D eigenvalue weighted by Gasteiger charge is -2.24. The molecule has 0 fully saturated rings. The predicted molar refractivity (Wildman–Crippen MR) is 183 cm³/mol. The number of halogens is 1. The third kappa shape index (κ3) is 4.45. The molecule has 1 N–H and O–H groups in total. The summed E-state index contributed by atoms with van der Waals surface area (Å²) >= 11 is 0. The van der Waals surface area contributed by atoms with Crippen LogP contribution < -0.4 is 9.62 Å². The van der Waals surface area contributed by atoms with Gasteiger partial charge in [0.05, 0.1) is 33.5 Å². The number of furan rings is 1. The zero-order valence-corrected chi connectivity index (χ0v) is 26.3. The molecule has 226 valence electrons. The lowest BCUT2D eigenvalue weighted by Crippen LogP contribution is -2.27. The first kappa shape index (κ1) is 28.6. The molecule has 0 radical (unpaired) electrons. The average Bonchev–Trinajstić information content (AvgIpc) is 3.58. The monoisotopic (exact) mass is 618 g/mol. The quantitative estimate of drug-likeness (QED) is 0.201. The summed E-state index contributed by atoms with van der Waals surface area (Å²) in [7, 11) is 0.766. The van der Waals surface area contributed by atoms with Gasteiger partial charge in [0.25, 0.3) is 5.91 Å². The average molecular weight is 619 g/mol. The number of para-hydroxylation sites is 1. The van der Waals surface area contributed by atoms with E-state index in [-0.39, 0.29) is 5.91 Å². The largest absolute Gasteiger partial charge is 0.455 e. The minimum absolute atomic E-state index is 0.318. The molecule has 4 heterocycles. The summed E-state index contributed by atoms with van der Waals surface area (Å²) in [5.74, 6) is -0.415. The third-order valence-electron chi connectivity index (χ3n) is 8.68. The first-order valence-electron chi connectivity index (χ1n) is 14.5. The van der Waals surface area contributed by atoms with Crippen LogP contribution in [0.15, 0.2) is 89.5 Å². The van der Waals surface area contributed by atoms with Crippen LogP contribution >= 0.6 is 0 Å². The van der Waals surface area contributed by atoms with E-state index < -0.39 is 15.5 Å². The van der Waals surface area contributed by atoms with Crippen LogP contribution in [0.1, 0.15) is 22.8 Å². The number of benzene rings is 3. The minimum Gasteiger partial charge on any atom is -0.455 e. The summed E-state index contributed by atoms with van der Waals surface area (Å²) in [4.78, 5) is 18.6. The van der Waals surface area contributed by atoms with Gasteiger partial charge in [-0.2, -0.15) is 0 Å². The second kappa shape index (κ2) is 10.5. The van der Waals surface area contributed by atoms with E-state index in [1.165, 1.54) is 12.1 Å². The van der Waals surface area contributed by atoms with E-state index in [1.807, 2.05) is 30.3 Å². The number of pyridine rings is 2. The Balaban J connectivity index is 1.56. The molecule has 1 unspecified atom stereocenters. The maximum absolute atomic E-state index is 13.8. The Morgan fingerprint density at radius 3 is 2.53 bits per heavy atom. The molecule has 0 aliphatic rings. The number of hydrogen-bond acceptors (Lipinski definition) is 4. The van der Waals surface area contributed by atoms with E-state index in [1.54, 1.807) is 55.1 Å². The summed E-state index contributed by atoms with van der Waals surface area (Å²) in [6.07, 6.45) is 3.75. The lowest BCUT2D eigenvalue weighted by molar-refractivity contribution is 0.0964. The van der Waals surface area contributed by atoms with Gasteiger partial charge in [0, 0.05) is 69.6 Å². The number of nitrogens with one attached hydrogen (secondary N) is 1. The van der Waals surface area contributed by atoms with Crippen molar-refractivity contribution in [2.45, 2.75) is 13.8 Å². The fraction of sp³-hybridized carbons (Fsp3) is 0.139. The molecule has 45 heavy (non-hydrogen) atoms. The molecule has 1 atom stereocenters. The Morgan fingerprint density at radius 2 is 1.80 bits per heavy atom. The van der Waals surface area contributed by atoms with Gasteiger partial charge in [0.2, 0.25) is 0 Å². The number of amides is 1. The predicted octanol–water partition coefficient (Wildman–Crippen LogP) is 7.62. The normalized spacial score (nSPS) is 13.0. The van der Waals surface area contributed by atoms with Crippen LogP contribution in [0.5, 0.6) is 0 Å². The summed E-state index contributed by atoms with van der Waals surface area (Å²) < 4.78 is 37.7. The van der Waals surface area contributed by atoms with E-state index in [4.69, 9.17) is 9.40 Å². The molecule has 4 aromatic heterocycles. The van der Waals surface area contributed by atoms with Crippen LogP contribution in [0, 0.1) is 12.7 Å². The number of aromatic nitrogens is 2. The second-order valence-electron chi connectivity index (χ2n) is 11.2. The second-order valence-corrected chi connectivity index (χ2v) is 13.9. The fourth-order valence-corrected chi connectivity index (χ4v) is 6.94. The molecule has 7 aromatic rings. The van der Waals surface area contributed by atoms with Gasteiger partial charge < -0.3 is 18.4 Å². The molecule has 0 saturated heterocycles. The van der Waals surface area contributed by atoms with Gasteiger partial charge in [-0.05, 0) is 73.3 Å². The number of carbonyl (C=O) groups is 1. The van der Waals surface area contributed by atoms with E-state index in [2.05, 4.69) is 41.0 Å². The number of aryl methyl sites for hydroxylation is 1. The highest BCUT2D eigenvalue weighted by molar-refractivity contribution is 8.01. The molecule has 0 aliphatic heterocycles. The molecule has 0 spiro atoms. The van der Waals surface area contributed by atoms with E-state index >= 15 is 0 Å². The Morgan fingerprint density at radius 1 is 1.04 bits per heavy atom. The van der Waals surface area contributed by atoms with Gasteiger partial charge in [-0.3, -0.25) is 4.79 Å². The molecule has 0 aliphatic carbocycles. The number of hydrogen-bond donors (Lipinski definition) is 1. The third-order valence-corrected chi connectivity index (χ3v) is 10.8. The molecule has 3 aromatic carbocycles. The fourth-order valence-electron chi connectivity index (χ4n) is 6.08. The molecule has 7 rings (SSSR count). The number of fused-ring (bicyclic) bond motifs is 6. The van der Waals surface area contributed by atoms with Crippen LogP contribution in [0.3, 0.4) is 0 Å². The Bertz CT molecular complexity index is 2450. The first-order chi connectivity index (χ1) is 21.6. The van der Waals surface area contributed by atoms with Gasteiger partial charge in [0.15, 0.2) is 0 Å². The highest BCUT2D eigenvalue weighted by Crippen LogP contribution is 2.42. The Labute approximate surface area is 260 Å². The van der Waals surface area contributed by atoms with E-state index in [9.17, 15) is 13.4 Å². The van der Waals surface area contributed by atoms with Crippen molar-refractivity contribution in [3.63, 3.8) is 0 Å². The van der Waals surface area contributed by atoms with Crippen molar-refractivity contribution in [3.8, 4) is 22.6 Å². The maximum Gasteiger partial charge on any atom is 0.255 e. The van der Waals surface area contributed by atoms with Gasteiger partial charge >= 0.3 is 0 Å². The molecule has 0 bridgehead atoms. The summed E-state index contributed by atoms with van der Waals surface area (Å²) in [5, 5.41) is 7.11. The van der Waals surface area contributed by atoms with Crippen molar-refractivity contribution in [2.24, 2.45) is 0 Å². The lowest BCUT2D eigenvalue weighted by atomic mass is 10.0. The molecular weight excluding hydrogens is 587 g/mol. The van der Waals surface area contributed by atoms with Crippen molar-refractivity contribution >= 4 is 65.0 Å². The van der Waals surface area contributed by atoms with Crippen molar-refractivity contribution in [3.05, 3.63) is 102 Å². The van der Waals surface area contributed by atoms with Crippen molar-refractivity contribution in [2.75, 3.05) is 24.7 Å². The number of carbonyl (C=O) groups excluding carboxylic acids is 1. The van der Waals surface area contributed by atoms with Gasteiger partial charge in [-0.1, -0.05) is 24.3 Å². The zero-order chi connectivity index (χ0) is 31.6. The van der Waals surface area contributed by atoms with Gasteiger partial charge in [-0.15, -0.1) is 0 Å². The minimum atomic E-state index is -2.57. The van der Waals surface area contributed by atoms with Crippen LogP contribution in [0.4, 0.5) is 10.1 Å². The first-order valence-corrected chi connectivity index (χ1v) is 16.5. The number of rotatable bonds is 5. The van der Waals surface area contributed by atoms with Crippen LogP contribution in [0.25, 0.3) is 60.9 Å². The van der Waals surface area contributed by atoms with Crippen molar-refractivity contribution < 1.29 is 17.8 Å². The molecule has 1 amide bonds. The number of nitrogens with zero attached hydrogens (tertiary/aromatic N) is 3. The Hall–Kier alpha value is -5.15. The summed E-state index contributed by atoms with van der Waals surface area (Å²) in [6.45, 7) is 3.88. The van der Waals surface area contributed by atoms with E-state index in [0.29, 0.717) is 44.8 Å². The van der Waals surface area contributed by atoms with Gasteiger partial charge in [-0.25, -0.2) is 13.6 Å². The molecular formula is C36H31FN4O3S. The number of anilines is 1. The molecule has 9 heteroatoms. The smallest absolute Gasteiger partial charge is 0.255 e. The zero-order valence-electron chi connectivity index (χ0n) is 25.5. The van der Waals surface area contributed by atoms with Crippen molar-refractivity contribution in [1.29, 1.82) is 0 Å². The Kier molecular flexibility index (Phi) is 6.67. The maximum atomic E-state index is 13.8. The molecule has 7 nitrogen and oxygen atoms in total. The van der Waals surface area contributed by atoms with Crippen molar-refractivity contribution in [1.82, 2.24) is 14.7 Å². The summed E-state index contributed by atoms with van der Waals surface area (Å²) in [5.41, 5.74) is 7.38. The summed E-state index contributed by atoms with van der Waals surface area (Å²) in [6, 6.07) is 23.8. The molecule has 0 saturated carbocycles. The standard InChI is InChI=1S/C36H31FN4O3S/c1-6-45(5,43)40(4)30-20-31-27(32(36(42)38-3)35(44-31)23-11-14-24(37)15-12-23)19-26(30)28-16-13-22-17-18-41-29-10-8-7-9-25(29)21(2)34(41)33(22)39-28/h6-20H,1-5H3,(H,38,42). The van der Waals surface area contributed by atoms with Crippen LogP contribution in [0.2, 0.25) is 0 Å². The van der Waals surface area contributed by atoms with Crippen LogP contribution in [-0.2, 0) is 9.71 Å². The highest BCUT2D eigenvalue weighted by atomic mass is 32.2. The topological polar surface area (TPSA) is 79.9 Å². The van der Waals surface area contributed by atoms with Gasteiger partial charge in [0.1, 0.15) is 17.2 Å². The van der Waals surface area contributed by atoms with E-state index in [0.717, 1.165) is 32.9 Å².